The second kappa shape index (κ2) is 7.99. The molecule has 0 aliphatic heterocycles. The highest BCUT2D eigenvalue weighted by Gasteiger charge is 2.22. The van der Waals surface area contributed by atoms with E-state index in [9.17, 15) is 15.0 Å². The Morgan fingerprint density at radius 3 is 2.59 bits per heavy atom. The molecule has 9 nitrogen and oxygen atoms in total. The van der Waals surface area contributed by atoms with Crippen LogP contribution in [0.15, 0.2) is 11.1 Å². The lowest BCUT2D eigenvalue weighted by molar-refractivity contribution is -0.210. The van der Waals surface area contributed by atoms with Gasteiger partial charge in [0.2, 0.25) is 6.41 Å². The summed E-state index contributed by atoms with van der Waals surface area (Å²) in [5, 5.41) is 28.4. The Labute approximate surface area is 127 Å². The molecule has 3 unspecified atom stereocenters. The number of hydrogen-bond acceptors (Lipinski definition) is 7. The Hall–Kier alpha value is -1.81. The second-order valence-electron chi connectivity index (χ2n) is 4.40. The molecule has 124 valence electrons. The van der Waals surface area contributed by atoms with Gasteiger partial charge in [0.05, 0.1) is 12.7 Å². The summed E-state index contributed by atoms with van der Waals surface area (Å²) >= 11 is 0. The fourth-order valence-corrected chi connectivity index (χ4v) is 1.73. The molecule has 4 N–H and O–H groups in total. The van der Waals surface area contributed by atoms with Crippen molar-refractivity contribution in [2.45, 2.75) is 46.3 Å². The van der Waals surface area contributed by atoms with Crippen LogP contribution in [-0.2, 0) is 4.74 Å². The minimum Gasteiger partial charge on any atom is -0.394 e. The van der Waals surface area contributed by atoms with E-state index >= 15 is 0 Å². The lowest BCUT2D eigenvalue weighted by atomic mass is 10.2. The molecule has 2 heterocycles. The first kappa shape index (κ1) is 18.2. The molecule has 2 aromatic rings. The van der Waals surface area contributed by atoms with E-state index in [1.165, 1.54) is 13.3 Å². The van der Waals surface area contributed by atoms with Crippen LogP contribution in [0.1, 0.15) is 33.0 Å². The van der Waals surface area contributed by atoms with Gasteiger partial charge in [-0.15, -0.1) is 0 Å². The van der Waals surface area contributed by atoms with Crippen LogP contribution in [0.5, 0.6) is 0 Å². The second-order valence-corrected chi connectivity index (χ2v) is 4.40. The van der Waals surface area contributed by atoms with E-state index in [2.05, 4.69) is 15.0 Å². The number of H-pyrrole nitrogens is 1. The summed E-state index contributed by atoms with van der Waals surface area (Å²) in [4.78, 5) is 22.1. The van der Waals surface area contributed by atoms with E-state index in [0.29, 0.717) is 5.82 Å². The quantitative estimate of drug-likeness (QED) is 0.555. The van der Waals surface area contributed by atoms with Gasteiger partial charge in [-0.1, -0.05) is 13.8 Å². The van der Waals surface area contributed by atoms with Gasteiger partial charge in [0.1, 0.15) is 18.3 Å². The van der Waals surface area contributed by atoms with E-state index in [1.807, 2.05) is 13.8 Å². The summed E-state index contributed by atoms with van der Waals surface area (Å²) < 4.78 is 6.26. The lowest BCUT2D eigenvalue weighted by Crippen LogP contribution is -2.33. The van der Waals surface area contributed by atoms with Gasteiger partial charge in [-0.25, -0.2) is 9.97 Å². The average Bonchev–Trinajstić information content (AvgIpc) is 2.90. The fourth-order valence-electron chi connectivity index (χ4n) is 1.73. The molecule has 0 aromatic carbocycles. The maximum Gasteiger partial charge on any atom is 0.279 e. The molecule has 22 heavy (non-hydrogen) atoms. The number of hydrogen-bond donors (Lipinski definition) is 4. The number of nitrogens with one attached hydrogen (secondary N) is 1. The van der Waals surface area contributed by atoms with Crippen molar-refractivity contribution in [3.63, 3.8) is 0 Å². The van der Waals surface area contributed by atoms with Crippen LogP contribution in [0.25, 0.3) is 11.2 Å². The Kier molecular flexibility index (Phi) is 6.62. The topological polar surface area (TPSA) is 133 Å². The number of aliphatic hydroxyl groups is 3. The van der Waals surface area contributed by atoms with Crippen molar-refractivity contribution >= 4 is 11.2 Å². The Bertz CT molecular complexity index is 651. The van der Waals surface area contributed by atoms with Gasteiger partial charge in [0.15, 0.2) is 11.2 Å². The normalized spacial score (nSPS) is 15.0. The number of aromatic nitrogens is 4. The van der Waals surface area contributed by atoms with Gasteiger partial charge in [0.25, 0.3) is 5.56 Å². The number of rotatable bonds is 5. The zero-order valence-corrected chi connectivity index (χ0v) is 13.0. The van der Waals surface area contributed by atoms with Crippen molar-refractivity contribution in [3.8, 4) is 0 Å². The largest absolute Gasteiger partial charge is 0.394 e. The molecular formula is C13H22N4O5. The van der Waals surface area contributed by atoms with Crippen LogP contribution < -0.4 is 5.56 Å². The van der Waals surface area contributed by atoms with Crippen molar-refractivity contribution in [2.75, 3.05) is 6.61 Å². The standard InChI is InChI=1S/C11H16N4O5.C2H6/c1-5(17)7(3-16)20-11(19)15-4-12-8-9(15)13-6(2)14-10(8)18;1-2/h4-5,7,11,16-17,19H,3H2,1-2H3,(H,13,14,18);1-2H3. The number of fused-ring (bicyclic) bond motifs is 1. The van der Waals surface area contributed by atoms with E-state index < -0.39 is 30.8 Å². The number of imidazole rings is 1. The third-order valence-electron chi connectivity index (χ3n) is 2.80. The van der Waals surface area contributed by atoms with Crippen molar-refractivity contribution < 1.29 is 20.1 Å². The summed E-state index contributed by atoms with van der Waals surface area (Å²) in [6.45, 7) is 6.55. The minimum absolute atomic E-state index is 0.0656. The predicted molar refractivity (Wildman–Crippen MR) is 79.1 cm³/mol. The number of aryl methyl sites for hydroxylation is 1. The molecule has 0 aliphatic rings. The summed E-state index contributed by atoms with van der Waals surface area (Å²) in [5.41, 5.74) is -0.204. The third-order valence-corrected chi connectivity index (χ3v) is 2.80. The monoisotopic (exact) mass is 314 g/mol. The fraction of sp³-hybridized carbons (Fsp3) is 0.615. The minimum atomic E-state index is -1.53. The molecule has 2 aromatic heterocycles. The van der Waals surface area contributed by atoms with Gasteiger partial charge in [-0.3, -0.25) is 9.36 Å². The molecule has 3 atom stereocenters. The molecule has 0 fully saturated rings. The smallest absolute Gasteiger partial charge is 0.279 e. The lowest BCUT2D eigenvalue weighted by Gasteiger charge is -2.22. The molecule has 0 amide bonds. The van der Waals surface area contributed by atoms with Crippen LogP contribution in [0.4, 0.5) is 0 Å². The van der Waals surface area contributed by atoms with Crippen molar-refractivity contribution in [3.05, 3.63) is 22.5 Å². The molecular weight excluding hydrogens is 292 g/mol. The van der Waals surface area contributed by atoms with Crippen molar-refractivity contribution in [2.24, 2.45) is 0 Å². The van der Waals surface area contributed by atoms with E-state index in [-0.39, 0.29) is 11.2 Å². The number of aliphatic hydroxyl groups excluding tert-OH is 3. The number of ether oxygens (including phenoxy) is 1. The van der Waals surface area contributed by atoms with E-state index in [0.717, 1.165) is 4.57 Å². The summed E-state index contributed by atoms with van der Waals surface area (Å²) in [6.07, 6.45) is -2.26. The molecule has 0 saturated heterocycles. The first-order valence-corrected chi connectivity index (χ1v) is 7.00. The van der Waals surface area contributed by atoms with Gasteiger partial charge in [0, 0.05) is 0 Å². The highest BCUT2D eigenvalue weighted by molar-refractivity contribution is 5.69. The van der Waals surface area contributed by atoms with Crippen molar-refractivity contribution in [1.29, 1.82) is 0 Å². The van der Waals surface area contributed by atoms with E-state index in [1.54, 1.807) is 6.92 Å². The first-order chi connectivity index (χ1) is 10.4. The highest BCUT2D eigenvalue weighted by Crippen LogP contribution is 2.15. The van der Waals surface area contributed by atoms with Gasteiger partial charge < -0.3 is 25.0 Å². The zero-order chi connectivity index (χ0) is 16.9. The average molecular weight is 314 g/mol. The van der Waals surface area contributed by atoms with Crippen LogP contribution in [-0.4, -0.2) is 53.7 Å². The molecule has 0 saturated carbocycles. The Balaban J connectivity index is 0.00000116. The summed E-state index contributed by atoms with van der Waals surface area (Å²) in [6, 6.07) is 0. The summed E-state index contributed by atoms with van der Waals surface area (Å²) in [5.74, 6) is 0.366. The van der Waals surface area contributed by atoms with Gasteiger partial charge in [-0.05, 0) is 13.8 Å². The molecule has 9 heteroatoms. The van der Waals surface area contributed by atoms with Crippen LogP contribution in [0, 0.1) is 6.92 Å². The predicted octanol–water partition coefficient (Wildman–Crippen LogP) is -0.339. The van der Waals surface area contributed by atoms with Gasteiger partial charge >= 0.3 is 0 Å². The highest BCUT2D eigenvalue weighted by atomic mass is 16.6. The third kappa shape index (κ3) is 3.89. The molecule has 0 aliphatic carbocycles. The van der Waals surface area contributed by atoms with Crippen LogP contribution in [0.2, 0.25) is 0 Å². The molecule has 0 radical (unpaired) electrons. The van der Waals surface area contributed by atoms with Crippen molar-refractivity contribution in [1.82, 2.24) is 19.5 Å². The van der Waals surface area contributed by atoms with Crippen LogP contribution >= 0.6 is 0 Å². The Morgan fingerprint density at radius 2 is 2.05 bits per heavy atom. The Morgan fingerprint density at radius 1 is 1.41 bits per heavy atom. The molecule has 0 spiro atoms. The zero-order valence-electron chi connectivity index (χ0n) is 13.0. The maximum atomic E-state index is 11.6. The first-order valence-electron chi connectivity index (χ1n) is 7.00. The molecule has 2 rings (SSSR count). The number of aromatic amines is 1. The molecule has 0 bridgehead atoms. The van der Waals surface area contributed by atoms with Crippen LogP contribution in [0.3, 0.4) is 0 Å². The summed E-state index contributed by atoms with van der Waals surface area (Å²) in [7, 11) is 0. The maximum absolute atomic E-state index is 11.6. The van der Waals surface area contributed by atoms with Gasteiger partial charge in [-0.2, -0.15) is 0 Å². The van der Waals surface area contributed by atoms with E-state index in [4.69, 9.17) is 9.84 Å². The SMILES string of the molecule is CC.Cc1nc2c(ncn2C(O)OC(CO)C(C)O)c(=O)[nH]1. The number of nitrogens with zero attached hydrogens (tertiary/aromatic N) is 3.